The number of aryl methyl sites for hydroxylation is 2. The van der Waals surface area contributed by atoms with Gasteiger partial charge < -0.3 is 14.8 Å². The number of methoxy groups -OCH3 is 2. The Balaban J connectivity index is 1.50. The first-order chi connectivity index (χ1) is 16.8. The predicted molar refractivity (Wildman–Crippen MR) is 139 cm³/mol. The Hall–Kier alpha value is -3.45. The minimum absolute atomic E-state index is 0.0270. The van der Waals surface area contributed by atoms with Crippen LogP contribution in [0.15, 0.2) is 71.6 Å². The number of benzene rings is 3. The molecule has 5 rings (SSSR count). The Morgan fingerprint density at radius 3 is 2.51 bits per heavy atom. The van der Waals surface area contributed by atoms with Crippen molar-refractivity contribution >= 4 is 21.4 Å². The molecule has 1 heterocycles. The first-order valence-electron chi connectivity index (χ1n) is 11.7. The predicted octanol–water partition coefficient (Wildman–Crippen LogP) is 5.95. The fourth-order valence-corrected chi connectivity index (χ4v) is 6.42. The quantitative estimate of drug-likeness (QED) is 0.418. The highest BCUT2D eigenvalue weighted by Gasteiger charge is 2.39. The number of ether oxygens (including phenoxy) is 2. The summed E-state index contributed by atoms with van der Waals surface area (Å²) in [6, 6.07) is 16.9. The van der Waals surface area contributed by atoms with Gasteiger partial charge in [0, 0.05) is 23.2 Å². The maximum absolute atomic E-state index is 13.3. The van der Waals surface area contributed by atoms with Crippen LogP contribution in [0.3, 0.4) is 0 Å². The van der Waals surface area contributed by atoms with Crippen molar-refractivity contribution in [3.8, 4) is 11.5 Å². The second-order valence-corrected chi connectivity index (χ2v) is 10.9. The third-order valence-corrected chi connectivity index (χ3v) is 8.41. The molecule has 2 aliphatic rings. The fraction of sp³-hybridized carbons (Fsp3) is 0.286. The summed E-state index contributed by atoms with van der Waals surface area (Å²) < 4.78 is 40.4. The number of hydrogen-bond donors (Lipinski definition) is 2. The molecule has 0 unspecified atom stereocenters. The number of allylic oxidation sites excluding steroid dienone is 2. The van der Waals surface area contributed by atoms with Gasteiger partial charge in [0.2, 0.25) is 0 Å². The van der Waals surface area contributed by atoms with E-state index in [0.717, 1.165) is 45.9 Å². The summed E-state index contributed by atoms with van der Waals surface area (Å²) in [5.74, 6) is 1.87. The molecule has 35 heavy (non-hydrogen) atoms. The molecule has 0 radical (unpaired) electrons. The van der Waals surface area contributed by atoms with Crippen molar-refractivity contribution in [2.75, 3.05) is 24.3 Å². The first-order valence-corrected chi connectivity index (χ1v) is 13.2. The van der Waals surface area contributed by atoms with Gasteiger partial charge in [-0.05, 0) is 73.7 Å². The van der Waals surface area contributed by atoms with Gasteiger partial charge in [0.25, 0.3) is 10.0 Å². The van der Waals surface area contributed by atoms with Gasteiger partial charge in [-0.15, -0.1) is 0 Å². The van der Waals surface area contributed by atoms with Crippen molar-refractivity contribution < 1.29 is 17.9 Å². The molecule has 0 fully saturated rings. The normalized spacial score (nSPS) is 20.5. The average molecular weight is 491 g/mol. The Morgan fingerprint density at radius 1 is 0.943 bits per heavy atom. The summed E-state index contributed by atoms with van der Waals surface area (Å²) in [7, 11) is -0.425. The van der Waals surface area contributed by atoms with Crippen LogP contribution in [0.5, 0.6) is 11.5 Å². The minimum Gasteiger partial charge on any atom is -0.497 e. The van der Waals surface area contributed by atoms with Crippen molar-refractivity contribution in [1.29, 1.82) is 0 Å². The number of fused-ring (bicyclic) bond motifs is 3. The Kier molecular flexibility index (Phi) is 5.97. The molecule has 2 N–H and O–H groups in total. The molecule has 0 saturated carbocycles. The smallest absolute Gasteiger partial charge is 0.261 e. The van der Waals surface area contributed by atoms with E-state index in [4.69, 9.17) is 9.47 Å². The number of rotatable bonds is 6. The maximum Gasteiger partial charge on any atom is 0.261 e. The third kappa shape index (κ3) is 4.25. The molecule has 0 aromatic heterocycles. The summed E-state index contributed by atoms with van der Waals surface area (Å²) in [6.07, 6.45) is 5.28. The standard InChI is InChI=1S/C28H30N2O4S/c1-17-8-12-25(18(2)14-17)30-35(31,32)20-10-13-26-24(16-20)21-6-5-7-22(21)28(29-26)23-11-9-19(33-3)15-27(23)34-4/h5-6,8-16,21-22,28-30H,7H2,1-4H3/t21-,22+,28-/m0/s1. The van der Waals surface area contributed by atoms with Crippen LogP contribution in [0.4, 0.5) is 11.4 Å². The van der Waals surface area contributed by atoms with E-state index in [1.807, 2.05) is 62.4 Å². The van der Waals surface area contributed by atoms with Gasteiger partial charge in [-0.25, -0.2) is 8.42 Å². The van der Waals surface area contributed by atoms with E-state index in [1.54, 1.807) is 20.3 Å². The van der Waals surface area contributed by atoms with Crippen LogP contribution in [0.25, 0.3) is 0 Å². The molecule has 1 aliphatic heterocycles. The van der Waals surface area contributed by atoms with Crippen LogP contribution in [0.2, 0.25) is 0 Å². The van der Waals surface area contributed by atoms with E-state index in [0.29, 0.717) is 5.69 Å². The second-order valence-electron chi connectivity index (χ2n) is 9.26. The monoisotopic (exact) mass is 490 g/mol. The maximum atomic E-state index is 13.3. The van der Waals surface area contributed by atoms with Gasteiger partial charge in [-0.1, -0.05) is 29.8 Å². The lowest BCUT2D eigenvalue weighted by atomic mass is 9.77. The Bertz CT molecular complexity index is 1410. The van der Waals surface area contributed by atoms with Gasteiger partial charge in [-0.2, -0.15) is 0 Å². The molecule has 3 aromatic carbocycles. The molecular formula is C28H30N2O4S. The van der Waals surface area contributed by atoms with Gasteiger partial charge in [0.15, 0.2) is 0 Å². The number of nitrogens with one attached hydrogen (secondary N) is 2. The topological polar surface area (TPSA) is 76.7 Å². The van der Waals surface area contributed by atoms with E-state index >= 15 is 0 Å². The van der Waals surface area contributed by atoms with Crippen LogP contribution < -0.4 is 19.5 Å². The second kappa shape index (κ2) is 8.96. The largest absolute Gasteiger partial charge is 0.497 e. The summed E-state index contributed by atoms with van der Waals surface area (Å²) in [6.45, 7) is 3.89. The first kappa shape index (κ1) is 23.3. The summed E-state index contributed by atoms with van der Waals surface area (Å²) >= 11 is 0. The number of hydrogen-bond acceptors (Lipinski definition) is 5. The van der Waals surface area contributed by atoms with Gasteiger partial charge in [0.1, 0.15) is 11.5 Å². The molecule has 3 aromatic rings. The van der Waals surface area contributed by atoms with Crippen molar-refractivity contribution in [1.82, 2.24) is 0 Å². The van der Waals surface area contributed by atoms with Crippen molar-refractivity contribution in [3.05, 3.63) is 89.0 Å². The highest BCUT2D eigenvalue weighted by atomic mass is 32.2. The highest BCUT2D eigenvalue weighted by Crippen LogP contribution is 2.51. The Morgan fingerprint density at radius 2 is 1.77 bits per heavy atom. The zero-order valence-electron chi connectivity index (χ0n) is 20.3. The average Bonchev–Trinajstić information content (AvgIpc) is 3.35. The lowest BCUT2D eigenvalue weighted by molar-refractivity contribution is 0.372. The van der Waals surface area contributed by atoms with E-state index < -0.39 is 10.0 Å². The van der Waals surface area contributed by atoms with Crippen molar-refractivity contribution in [3.63, 3.8) is 0 Å². The molecular weight excluding hydrogens is 460 g/mol. The van der Waals surface area contributed by atoms with Crippen LogP contribution in [-0.2, 0) is 10.0 Å². The van der Waals surface area contributed by atoms with E-state index in [9.17, 15) is 8.42 Å². The van der Waals surface area contributed by atoms with E-state index in [-0.39, 0.29) is 22.8 Å². The zero-order chi connectivity index (χ0) is 24.7. The molecule has 1 aliphatic carbocycles. The van der Waals surface area contributed by atoms with Crippen LogP contribution in [0, 0.1) is 19.8 Å². The SMILES string of the molecule is COc1ccc([C@H]2Nc3ccc(S(=O)(=O)Nc4ccc(C)cc4C)cc3[C@H]3C=CC[C@H]32)c(OC)c1. The molecule has 0 amide bonds. The van der Waals surface area contributed by atoms with Gasteiger partial charge in [0.05, 0.1) is 30.8 Å². The lowest BCUT2D eigenvalue weighted by Gasteiger charge is -2.38. The lowest BCUT2D eigenvalue weighted by Crippen LogP contribution is -2.29. The van der Waals surface area contributed by atoms with Crippen molar-refractivity contribution in [2.24, 2.45) is 5.92 Å². The molecule has 182 valence electrons. The van der Waals surface area contributed by atoms with E-state index in [1.165, 1.54) is 0 Å². The minimum atomic E-state index is -3.73. The van der Waals surface area contributed by atoms with Crippen molar-refractivity contribution in [2.45, 2.75) is 37.1 Å². The van der Waals surface area contributed by atoms with Crippen LogP contribution in [-0.4, -0.2) is 22.6 Å². The molecule has 6 nitrogen and oxygen atoms in total. The molecule has 7 heteroatoms. The third-order valence-electron chi connectivity index (χ3n) is 7.05. The van der Waals surface area contributed by atoms with E-state index in [2.05, 4.69) is 22.2 Å². The van der Waals surface area contributed by atoms with Crippen LogP contribution >= 0.6 is 0 Å². The van der Waals surface area contributed by atoms with Crippen LogP contribution in [0.1, 0.15) is 40.6 Å². The molecule has 0 bridgehead atoms. The zero-order valence-corrected chi connectivity index (χ0v) is 21.1. The Labute approximate surface area is 207 Å². The summed E-state index contributed by atoms with van der Waals surface area (Å²) in [5.41, 5.74) is 5.57. The molecule has 0 spiro atoms. The number of anilines is 2. The molecule has 0 saturated heterocycles. The highest BCUT2D eigenvalue weighted by molar-refractivity contribution is 7.92. The number of sulfonamides is 1. The fourth-order valence-electron chi connectivity index (χ4n) is 5.25. The molecule has 3 atom stereocenters. The van der Waals surface area contributed by atoms with Gasteiger partial charge in [-0.3, -0.25) is 4.72 Å². The van der Waals surface area contributed by atoms with Gasteiger partial charge >= 0.3 is 0 Å². The summed E-state index contributed by atoms with van der Waals surface area (Å²) in [4.78, 5) is 0.262. The summed E-state index contributed by atoms with van der Waals surface area (Å²) in [5, 5.41) is 3.66.